The molecular formula is C18H22FN3O3. The lowest BCUT2D eigenvalue weighted by Gasteiger charge is -2.43. The van der Waals surface area contributed by atoms with Crippen LogP contribution in [0.1, 0.15) is 45.4 Å². The number of aromatic nitrogens is 2. The summed E-state index contributed by atoms with van der Waals surface area (Å²) in [5, 5.41) is 17.7. The van der Waals surface area contributed by atoms with E-state index in [1.807, 2.05) is 20.8 Å². The van der Waals surface area contributed by atoms with Crippen molar-refractivity contribution in [3.05, 3.63) is 36.0 Å². The molecular weight excluding hydrogens is 325 g/mol. The molecule has 1 aliphatic rings. The Hall–Kier alpha value is -2.44. The van der Waals surface area contributed by atoms with E-state index in [-0.39, 0.29) is 23.2 Å². The molecule has 2 atom stereocenters. The van der Waals surface area contributed by atoms with Gasteiger partial charge in [-0.3, -0.25) is 0 Å². The molecule has 2 heterocycles. The molecule has 1 saturated heterocycles. The van der Waals surface area contributed by atoms with E-state index in [0.717, 1.165) is 0 Å². The van der Waals surface area contributed by atoms with Crippen LogP contribution in [0.2, 0.25) is 0 Å². The van der Waals surface area contributed by atoms with Crippen molar-refractivity contribution in [3.8, 4) is 11.5 Å². The minimum absolute atomic E-state index is 0.0153. The van der Waals surface area contributed by atoms with Gasteiger partial charge in [-0.05, 0) is 42.5 Å². The third-order valence-corrected chi connectivity index (χ3v) is 4.73. The quantitative estimate of drug-likeness (QED) is 0.883. The van der Waals surface area contributed by atoms with Crippen molar-refractivity contribution < 1.29 is 18.7 Å². The monoisotopic (exact) mass is 347 g/mol. The fourth-order valence-corrected chi connectivity index (χ4v) is 3.35. The van der Waals surface area contributed by atoms with Gasteiger partial charge in [0.2, 0.25) is 11.8 Å². The number of carboxylic acid groups (broad SMARTS) is 1. The minimum atomic E-state index is -0.893. The maximum Gasteiger partial charge on any atom is 0.407 e. The van der Waals surface area contributed by atoms with E-state index in [1.54, 1.807) is 12.1 Å². The SMILES string of the molecule is CC(C)(C)C1CC(c2nnc(-c3ccc(F)cc3)o2)CCN1C(=O)O. The highest BCUT2D eigenvalue weighted by atomic mass is 19.1. The van der Waals surface area contributed by atoms with Crippen LogP contribution in [0.3, 0.4) is 0 Å². The van der Waals surface area contributed by atoms with Gasteiger partial charge in [0.25, 0.3) is 0 Å². The van der Waals surface area contributed by atoms with Gasteiger partial charge in [-0.1, -0.05) is 20.8 Å². The van der Waals surface area contributed by atoms with Crippen molar-refractivity contribution in [1.29, 1.82) is 0 Å². The largest absolute Gasteiger partial charge is 0.465 e. The van der Waals surface area contributed by atoms with Gasteiger partial charge in [0.15, 0.2) is 0 Å². The van der Waals surface area contributed by atoms with Crippen LogP contribution >= 0.6 is 0 Å². The molecule has 25 heavy (non-hydrogen) atoms. The standard InChI is InChI=1S/C18H22FN3O3/c1-18(2,3)14-10-12(8-9-22(14)17(23)24)16-21-20-15(25-16)11-4-6-13(19)7-5-11/h4-7,12,14H,8-10H2,1-3H3,(H,23,24). The average molecular weight is 347 g/mol. The molecule has 7 heteroatoms. The number of halogens is 1. The van der Waals surface area contributed by atoms with Gasteiger partial charge < -0.3 is 14.4 Å². The van der Waals surface area contributed by atoms with Crippen LogP contribution in [0.5, 0.6) is 0 Å². The summed E-state index contributed by atoms with van der Waals surface area (Å²) in [6, 6.07) is 5.76. The van der Waals surface area contributed by atoms with E-state index in [2.05, 4.69) is 10.2 Å². The van der Waals surface area contributed by atoms with Crippen molar-refractivity contribution >= 4 is 6.09 Å². The number of carbonyl (C=O) groups is 1. The number of benzene rings is 1. The van der Waals surface area contributed by atoms with E-state index in [4.69, 9.17) is 4.42 Å². The molecule has 1 fully saturated rings. The zero-order valence-corrected chi connectivity index (χ0v) is 14.6. The van der Waals surface area contributed by atoms with Crippen molar-refractivity contribution in [3.63, 3.8) is 0 Å². The molecule has 3 rings (SSSR count). The van der Waals surface area contributed by atoms with Gasteiger partial charge in [-0.2, -0.15) is 0 Å². The zero-order chi connectivity index (χ0) is 18.2. The fourth-order valence-electron chi connectivity index (χ4n) is 3.35. The maximum absolute atomic E-state index is 13.0. The Labute approximate surface area is 145 Å². The molecule has 0 bridgehead atoms. The zero-order valence-electron chi connectivity index (χ0n) is 14.6. The van der Waals surface area contributed by atoms with E-state index in [1.165, 1.54) is 17.0 Å². The third kappa shape index (κ3) is 3.65. The van der Waals surface area contributed by atoms with Gasteiger partial charge >= 0.3 is 6.09 Å². The van der Waals surface area contributed by atoms with Crippen LogP contribution in [-0.2, 0) is 0 Å². The second-order valence-electron chi connectivity index (χ2n) is 7.53. The highest BCUT2D eigenvalue weighted by Crippen LogP contribution is 2.39. The number of rotatable bonds is 2. The predicted molar refractivity (Wildman–Crippen MR) is 89.6 cm³/mol. The summed E-state index contributed by atoms with van der Waals surface area (Å²) in [7, 11) is 0. The Bertz CT molecular complexity index is 752. The molecule has 1 aromatic carbocycles. The second-order valence-corrected chi connectivity index (χ2v) is 7.53. The topological polar surface area (TPSA) is 79.5 Å². The molecule has 0 radical (unpaired) electrons. The van der Waals surface area contributed by atoms with Gasteiger partial charge in [-0.15, -0.1) is 10.2 Å². The maximum atomic E-state index is 13.0. The van der Waals surface area contributed by atoms with Crippen LogP contribution in [-0.4, -0.2) is 38.9 Å². The Balaban J connectivity index is 1.81. The van der Waals surface area contributed by atoms with Gasteiger partial charge in [0.1, 0.15) is 5.82 Å². The Morgan fingerprint density at radius 2 is 1.96 bits per heavy atom. The first-order chi connectivity index (χ1) is 11.8. The highest BCUT2D eigenvalue weighted by Gasteiger charge is 2.40. The number of amides is 1. The second kappa shape index (κ2) is 6.46. The third-order valence-electron chi connectivity index (χ3n) is 4.73. The summed E-state index contributed by atoms with van der Waals surface area (Å²) < 4.78 is 18.8. The Morgan fingerprint density at radius 1 is 1.28 bits per heavy atom. The summed E-state index contributed by atoms with van der Waals surface area (Å²) in [5.74, 6) is 0.556. The number of hydrogen-bond acceptors (Lipinski definition) is 4. The van der Waals surface area contributed by atoms with Gasteiger partial charge in [0, 0.05) is 24.1 Å². The number of nitrogens with zero attached hydrogens (tertiary/aromatic N) is 3. The predicted octanol–water partition coefficient (Wildman–Crippen LogP) is 4.15. The number of likely N-dealkylation sites (tertiary alicyclic amines) is 1. The molecule has 0 saturated carbocycles. The first-order valence-corrected chi connectivity index (χ1v) is 8.34. The molecule has 2 aromatic rings. The van der Waals surface area contributed by atoms with Crippen LogP contribution < -0.4 is 0 Å². The summed E-state index contributed by atoms with van der Waals surface area (Å²) in [6.07, 6.45) is 0.390. The van der Waals surface area contributed by atoms with E-state index in [0.29, 0.717) is 36.7 Å². The van der Waals surface area contributed by atoms with E-state index < -0.39 is 6.09 Å². The Morgan fingerprint density at radius 3 is 2.56 bits per heavy atom. The normalized spacial score (nSPS) is 21.4. The average Bonchev–Trinajstić information content (AvgIpc) is 3.04. The minimum Gasteiger partial charge on any atom is -0.465 e. The fraction of sp³-hybridized carbons (Fsp3) is 0.500. The summed E-state index contributed by atoms with van der Waals surface area (Å²) >= 11 is 0. The lowest BCUT2D eigenvalue weighted by Crippen LogP contribution is -2.51. The van der Waals surface area contributed by atoms with Crippen LogP contribution in [0, 0.1) is 11.2 Å². The van der Waals surface area contributed by atoms with Crippen molar-refractivity contribution in [1.82, 2.24) is 15.1 Å². The summed E-state index contributed by atoms with van der Waals surface area (Å²) in [4.78, 5) is 13.0. The first-order valence-electron chi connectivity index (χ1n) is 8.34. The Kier molecular flexibility index (Phi) is 4.49. The van der Waals surface area contributed by atoms with Crippen molar-refractivity contribution in [2.24, 2.45) is 5.41 Å². The molecule has 6 nitrogen and oxygen atoms in total. The highest BCUT2D eigenvalue weighted by molar-refractivity contribution is 5.65. The molecule has 1 aliphatic heterocycles. The molecule has 0 aliphatic carbocycles. The molecule has 1 amide bonds. The molecule has 134 valence electrons. The first kappa shape index (κ1) is 17.4. The van der Waals surface area contributed by atoms with Crippen molar-refractivity contribution in [2.75, 3.05) is 6.54 Å². The van der Waals surface area contributed by atoms with Gasteiger partial charge in [-0.25, -0.2) is 9.18 Å². The number of piperidine rings is 1. The molecule has 2 unspecified atom stereocenters. The molecule has 1 N–H and O–H groups in total. The van der Waals surface area contributed by atoms with Crippen LogP contribution in [0.15, 0.2) is 28.7 Å². The summed E-state index contributed by atoms with van der Waals surface area (Å²) in [6.45, 7) is 6.55. The smallest absolute Gasteiger partial charge is 0.407 e. The van der Waals surface area contributed by atoms with E-state index in [9.17, 15) is 14.3 Å². The van der Waals surface area contributed by atoms with E-state index >= 15 is 0 Å². The number of hydrogen-bond donors (Lipinski definition) is 1. The van der Waals surface area contributed by atoms with Crippen molar-refractivity contribution in [2.45, 2.75) is 45.6 Å². The van der Waals surface area contributed by atoms with Gasteiger partial charge in [0.05, 0.1) is 0 Å². The molecule has 1 aromatic heterocycles. The summed E-state index contributed by atoms with van der Waals surface area (Å²) in [5.41, 5.74) is 0.479. The lowest BCUT2D eigenvalue weighted by atomic mass is 9.77. The molecule has 0 spiro atoms. The van der Waals surface area contributed by atoms with Crippen LogP contribution in [0.4, 0.5) is 9.18 Å². The lowest BCUT2D eigenvalue weighted by molar-refractivity contribution is 0.0492. The van der Waals surface area contributed by atoms with Crippen LogP contribution in [0.25, 0.3) is 11.5 Å².